The van der Waals surface area contributed by atoms with Crippen LogP contribution in [-0.2, 0) is 29.2 Å². The molecule has 31 heavy (non-hydrogen) atoms. The van der Waals surface area contributed by atoms with Crippen LogP contribution in [-0.4, -0.2) is 25.0 Å². The summed E-state index contributed by atoms with van der Waals surface area (Å²) in [6, 6.07) is 10.2. The highest BCUT2D eigenvalue weighted by molar-refractivity contribution is 7.91. The van der Waals surface area contributed by atoms with Crippen LogP contribution in [0.25, 0.3) is 5.69 Å². The number of nitrogens with one attached hydrogen (secondary N) is 1. The molecule has 2 aliphatic carbocycles. The molecule has 1 aromatic carbocycles. The van der Waals surface area contributed by atoms with E-state index in [1.807, 2.05) is 30.3 Å². The fourth-order valence-electron chi connectivity index (χ4n) is 4.44. The molecule has 0 radical (unpaired) electrons. The number of nitrogens with zero attached hydrogens (tertiary/aromatic N) is 4. The number of nitrogens with two attached hydrogens (primary N) is 1. The minimum Gasteiger partial charge on any atom is -0.305 e. The number of carbonyl (C=O) groups is 1. The van der Waals surface area contributed by atoms with E-state index in [0.717, 1.165) is 66.0 Å². The van der Waals surface area contributed by atoms with Crippen LogP contribution in [0.5, 0.6) is 0 Å². The number of aryl methyl sites for hydroxylation is 1. The lowest BCUT2D eigenvalue weighted by atomic mass is 10.0. The number of amides is 2. The van der Waals surface area contributed by atoms with E-state index in [-0.39, 0.29) is 5.03 Å². The van der Waals surface area contributed by atoms with Crippen LogP contribution in [0, 0.1) is 0 Å². The number of carbonyl (C=O) groups excluding carboxylic acids is 1. The highest BCUT2D eigenvalue weighted by atomic mass is 32.2. The monoisotopic (exact) mass is 436 g/mol. The van der Waals surface area contributed by atoms with Gasteiger partial charge in [-0.3, -0.25) is 4.98 Å². The molecule has 3 aromatic rings. The number of urea groups is 1. The van der Waals surface area contributed by atoms with Gasteiger partial charge in [-0.05, 0) is 67.3 Å². The summed E-state index contributed by atoms with van der Waals surface area (Å²) < 4.78 is 18.4. The van der Waals surface area contributed by atoms with Crippen molar-refractivity contribution in [3.8, 4) is 5.69 Å². The maximum absolute atomic E-state index is 13.0. The quantitative estimate of drug-likeness (QED) is 0.651. The SMILES string of the molecule is C[C@@H]1CCc2c1nc1c(c2NC(=O)N=S(N)(=O)c2ccn(-c3ccccc3)n2)CCC1. The average molecular weight is 437 g/mol. The van der Waals surface area contributed by atoms with E-state index in [4.69, 9.17) is 10.1 Å². The van der Waals surface area contributed by atoms with Crippen molar-refractivity contribution in [2.45, 2.75) is 50.0 Å². The molecule has 2 aliphatic rings. The van der Waals surface area contributed by atoms with E-state index in [2.05, 4.69) is 21.7 Å². The molecule has 160 valence electrons. The second-order valence-corrected chi connectivity index (χ2v) is 9.83. The molecule has 0 saturated carbocycles. The third kappa shape index (κ3) is 3.64. The van der Waals surface area contributed by atoms with E-state index in [0.29, 0.717) is 5.92 Å². The second-order valence-electron chi connectivity index (χ2n) is 8.09. The molecule has 8 nitrogen and oxygen atoms in total. The lowest BCUT2D eigenvalue weighted by Gasteiger charge is -2.15. The normalized spacial score (nSPS) is 18.8. The highest BCUT2D eigenvalue weighted by Gasteiger charge is 2.30. The standard InChI is InChI=1S/C22H24N6O2S/c1-14-10-11-17-20(14)24-18-9-5-8-16(18)21(17)25-22(29)27-31(23,30)19-12-13-28(26-19)15-6-3-2-4-7-15/h2-4,6-7,12-14H,5,8-11H2,1H3,(H3,23,24,25,27,29,30)/t14-,31?/m1/s1. The molecular weight excluding hydrogens is 412 g/mol. The van der Waals surface area contributed by atoms with Gasteiger partial charge in [-0.2, -0.15) is 5.10 Å². The van der Waals surface area contributed by atoms with Crippen LogP contribution >= 0.6 is 0 Å². The molecule has 9 heteroatoms. The molecule has 5 rings (SSSR count). The summed E-state index contributed by atoms with van der Waals surface area (Å²) in [5, 5.41) is 13.2. The van der Waals surface area contributed by atoms with Crippen LogP contribution in [0.1, 0.15) is 48.2 Å². The van der Waals surface area contributed by atoms with Crippen molar-refractivity contribution in [2.75, 3.05) is 5.32 Å². The first-order valence-electron chi connectivity index (χ1n) is 10.4. The maximum atomic E-state index is 13.0. The zero-order chi connectivity index (χ0) is 21.6. The Kier molecular flexibility index (Phi) is 4.86. The highest BCUT2D eigenvalue weighted by Crippen LogP contribution is 2.41. The number of benzene rings is 1. The molecule has 2 heterocycles. The minimum absolute atomic E-state index is 0.0605. The predicted molar refractivity (Wildman–Crippen MR) is 119 cm³/mol. The van der Waals surface area contributed by atoms with Crippen LogP contribution in [0.3, 0.4) is 0 Å². The van der Waals surface area contributed by atoms with Crippen molar-refractivity contribution in [3.63, 3.8) is 0 Å². The van der Waals surface area contributed by atoms with Gasteiger partial charge in [0.05, 0.1) is 11.4 Å². The summed E-state index contributed by atoms with van der Waals surface area (Å²) in [6.07, 6.45) is 6.33. The molecular formula is C22H24N6O2S. The van der Waals surface area contributed by atoms with Crippen LogP contribution < -0.4 is 10.5 Å². The summed E-state index contributed by atoms with van der Waals surface area (Å²) >= 11 is 0. The number of anilines is 1. The fraction of sp³-hybridized carbons (Fsp3) is 0.318. The molecule has 0 saturated heterocycles. The first-order valence-corrected chi connectivity index (χ1v) is 12.0. The van der Waals surface area contributed by atoms with E-state index in [9.17, 15) is 9.00 Å². The van der Waals surface area contributed by atoms with Gasteiger partial charge in [0.25, 0.3) is 0 Å². The number of hydrogen-bond donors (Lipinski definition) is 2. The average Bonchev–Trinajstić information content (AvgIpc) is 3.49. The number of hydrogen-bond acceptors (Lipinski definition) is 4. The Morgan fingerprint density at radius 3 is 2.81 bits per heavy atom. The van der Waals surface area contributed by atoms with E-state index >= 15 is 0 Å². The van der Waals surface area contributed by atoms with Gasteiger partial charge in [-0.25, -0.2) is 18.8 Å². The largest absolute Gasteiger partial charge is 0.354 e. The Bertz CT molecular complexity index is 1290. The summed E-state index contributed by atoms with van der Waals surface area (Å²) in [5.41, 5.74) is 5.86. The summed E-state index contributed by atoms with van der Waals surface area (Å²) in [6.45, 7) is 2.16. The van der Waals surface area contributed by atoms with Gasteiger partial charge in [-0.1, -0.05) is 25.1 Å². The maximum Gasteiger partial charge on any atom is 0.354 e. The Morgan fingerprint density at radius 2 is 2.00 bits per heavy atom. The van der Waals surface area contributed by atoms with Crippen molar-refractivity contribution >= 4 is 21.6 Å². The lowest BCUT2D eigenvalue weighted by molar-refractivity contribution is 0.260. The molecule has 0 fully saturated rings. The molecule has 0 bridgehead atoms. The Labute approximate surface area is 181 Å². The summed E-state index contributed by atoms with van der Waals surface area (Å²) in [7, 11) is -3.49. The first-order chi connectivity index (χ1) is 14.9. The van der Waals surface area contributed by atoms with Gasteiger partial charge in [0.1, 0.15) is 0 Å². The van der Waals surface area contributed by atoms with Crippen LogP contribution in [0.4, 0.5) is 10.5 Å². The van der Waals surface area contributed by atoms with Crippen molar-refractivity contribution in [3.05, 3.63) is 65.1 Å². The minimum atomic E-state index is -3.49. The smallest absolute Gasteiger partial charge is 0.305 e. The van der Waals surface area contributed by atoms with Gasteiger partial charge >= 0.3 is 6.03 Å². The van der Waals surface area contributed by atoms with Crippen LogP contribution in [0.2, 0.25) is 0 Å². The number of rotatable bonds is 3. The topological polar surface area (TPSA) is 115 Å². The lowest BCUT2D eigenvalue weighted by Crippen LogP contribution is -2.19. The molecule has 3 N–H and O–H groups in total. The van der Waals surface area contributed by atoms with Gasteiger partial charge in [0, 0.05) is 17.6 Å². The van der Waals surface area contributed by atoms with Gasteiger partial charge < -0.3 is 5.32 Å². The van der Waals surface area contributed by atoms with E-state index < -0.39 is 15.9 Å². The van der Waals surface area contributed by atoms with Crippen molar-refractivity contribution < 1.29 is 9.00 Å². The van der Waals surface area contributed by atoms with Crippen LogP contribution in [0.15, 0.2) is 52.0 Å². The zero-order valence-electron chi connectivity index (χ0n) is 17.2. The zero-order valence-corrected chi connectivity index (χ0v) is 18.1. The van der Waals surface area contributed by atoms with Crippen molar-refractivity contribution in [1.29, 1.82) is 0 Å². The molecule has 0 aliphatic heterocycles. The van der Waals surface area contributed by atoms with Gasteiger partial charge in [-0.15, -0.1) is 4.36 Å². The van der Waals surface area contributed by atoms with Gasteiger partial charge in [0.2, 0.25) is 0 Å². The Hall–Kier alpha value is -3.04. The Balaban J connectivity index is 1.45. The number of aromatic nitrogens is 3. The second kappa shape index (κ2) is 7.58. The number of pyridine rings is 1. The van der Waals surface area contributed by atoms with E-state index in [1.165, 1.54) is 6.07 Å². The molecule has 2 aromatic heterocycles. The number of para-hydroxylation sites is 1. The van der Waals surface area contributed by atoms with E-state index in [1.54, 1.807) is 10.9 Å². The third-order valence-corrected chi connectivity index (χ3v) is 7.24. The fourth-order valence-corrected chi connectivity index (χ4v) is 5.29. The molecule has 0 spiro atoms. The van der Waals surface area contributed by atoms with Crippen molar-refractivity contribution in [1.82, 2.24) is 14.8 Å². The molecule has 2 atom stereocenters. The van der Waals surface area contributed by atoms with Gasteiger partial charge in [0.15, 0.2) is 14.9 Å². The third-order valence-electron chi connectivity index (χ3n) is 5.99. The number of fused-ring (bicyclic) bond motifs is 2. The first kappa shape index (κ1) is 19.9. The molecule has 2 amide bonds. The van der Waals surface area contributed by atoms with Crippen molar-refractivity contribution in [2.24, 2.45) is 9.50 Å². The summed E-state index contributed by atoms with van der Waals surface area (Å²) in [4.78, 5) is 17.6. The summed E-state index contributed by atoms with van der Waals surface area (Å²) in [5.74, 6) is 0.370. The predicted octanol–water partition coefficient (Wildman–Crippen LogP) is 3.74. The molecule has 1 unspecified atom stereocenters. The Morgan fingerprint density at radius 1 is 1.19 bits per heavy atom.